The predicted octanol–water partition coefficient (Wildman–Crippen LogP) is 2.73. The van der Waals surface area contributed by atoms with Gasteiger partial charge in [-0.3, -0.25) is 0 Å². The average Bonchev–Trinajstić information content (AvgIpc) is 2.30. The van der Waals surface area contributed by atoms with E-state index < -0.39 is 0 Å². The van der Waals surface area contributed by atoms with E-state index in [0.717, 1.165) is 13.2 Å². The van der Waals surface area contributed by atoms with Crippen molar-refractivity contribution in [3.05, 3.63) is 35.9 Å². The summed E-state index contributed by atoms with van der Waals surface area (Å²) < 4.78 is 5.74. The summed E-state index contributed by atoms with van der Waals surface area (Å²) in [6.07, 6.45) is 3.88. The van der Waals surface area contributed by atoms with Crippen molar-refractivity contribution < 1.29 is 4.74 Å². The Kier molecular flexibility index (Phi) is 4.37. The maximum atomic E-state index is 5.74. The van der Waals surface area contributed by atoms with Crippen molar-refractivity contribution in [3.8, 4) is 0 Å². The lowest BCUT2D eigenvalue weighted by molar-refractivity contribution is 0.0857. The van der Waals surface area contributed by atoms with E-state index in [1.54, 1.807) is 0 Å². The second-order valence-electron chi connectivity index (χ2n) is 4.70. The largest absolute Gasteiger partial charge is 0.375 e. The van der Waals surface area contributed by atoms with Gasteiger partial charge in [-0.05, 0) is 25.3 Å². The molecule has 1 N–H and O–H groups in total. The fraction of sp³-hybridized carbons (Fsp3) is 0.571. The van der Waals surface area contributed by atoms with Gasteiger partial charge in [0.25, 0.3) is 0 Å². The Bertz CT molecular complexity index is 299. The number of nitrogens with one attached hydrogen (secondary N) is 1. The fourth-order valence-electron chi connectivity index (χ4n) is 2.26. The van der Waals surface area contributed by atoms with Crippen molar-refractivity contribution in [2.45, 2.75) is 44.9 Å². The zero-order chi connectivity index (χ0) is 11.2. The molecule has 1 aromatic carbocycles. The molecule has 0 radical (unpaired) electrons. The van der Waals surface area contributed by atoms with E-state index in [9.17, 15) is 0 Å². The molecular weight excluding hydrogens is 198 g/mol. The van der Waals surface area contributed by atoms with Crippen molar-refractivity contribution in [1.29, 1.82) is 0 Å². The first kappa shape index (κ1) is 11.6. The van der Waals surface area contributed by atoms with Gasteiger partial charge in [0.05, 0.1) is 13.2 Å². The maximum Gasteiger partial charge on any atom is 0.0717 e. The number of piperidine rings is 1. The molecule has 1 fully saturated rings. The molecule has 0 aromatic heterocycles. The highest BCUT2D eigenvalue weighted by molar-refractivity contribution is 5.13. The molecule has 1 saturated heterocycles. The fourth-order valence-corrected chi connectivity index (χ4v) is 2.26. The monoisotopic (exact) mass is 219 g/mol. The standard InChI is InChI=1S/C14H21NO/c1-12-6-5-9-14(15-12)11-16-10-13-7-3-2-4-8-13/h2-4,7-8,12,14-15H,5-6,9-11H2,1H3. The second kappa shape index (κ2) is 6.02. The van der Waals surface area contributed by atoms with Crippen molar-refractivity contribution in [2.75, 3.05) is 6.61 Å². The number of ether oxygens (including phenoxy) is 1. The lowest BCUT2D eigenvalue weighted by Crippen LogP contribution is -2.43. The van der Waals surface area contributed by atoms with Gasteiger partial charge in [0.1, 0.15) is 0 Å². The van der Waals surface area contributed by atoms with Crippen LogP contribution < -0.4 is 5.32 Å². The summed E-state index contributed by atoms with van der Waals surface area (Å²) in [5.74, 6) is 0. The number of rotatable bonds is 4. The summed E-state index contributed by atoms with van der Waals surface area (Å²) in [6, 6.07) is 11.6. The van der Waals surface area contributed by atoms with Crippen LogP contribution in [0, 0.1) is 0 Å². The van der Waals surface area contributed by atoms with Crippen LogP contribution in [0.25, 0.3) is 0 Å². The first-order chi connectivity index (χ1) is 7.84. The first-order valence-corrected chi connectivity index (χ1v) is 6.22. The molecule has 2 atom stereocenters. The van der Waals surface area contributed by atoms with Crippen molar-refractivity contribution >= 4 is 0 Å². The van der Waals surface area contributed by atoms with Crippen LogP contribution in [0.15, 0.2) is 30.3 Å². The summed E-state index contributed by atoms with van der Waals surface area (Å²) in [4.78, 5) is 0. The van der Waals surface area contributed by atoms with E-state index >= 15 is 0 Å². The topological polar surface area (TPSA) is 21.3 Å². The number of benzene rings is 1. The smallest absolute Gasteiger partial charge is 0.0717 e. The Hall–Kier alpha value is -0.860. The van der Waals surface area contributed by atoms with Gasteiger partial charge >= 0.3 is 0 Å². The van der Waals surface area contributed by atoms with Crippen LogP contribution in [0.2, 0.25) is 0 Å². The molecule has 2 nitrogen and oxygen atoms in total. The van der Waals surface area contributed by atoms with Crippen LogP contribution in [0.3, 0.4) is 0 Å². The van der Waals surface area contributed by atoms with Crippen LogP contribution in [0.1, 0.15) is 31.7 Å². The molecule has 16 heavy (non-hydrogen) atoms. The molecule has 0 bridgehead atoms. The maximum absolute atomic E-state index is 5.74. The summed E-state index contributed by atoms with van der Waals surface area (Å²) >= 11 is 0. The van der Waals surface area contributed by atoms with Gasteiger partial charge in [0, 0.05) is 12.1 Å². The molecule has 0 amide bonds. The van der Waals surface area contributed by atoms with Crippen LogP contribution in [-0.2, 0) is 11.3 Å². The second-order valence-corrected chi connectivity index (χ2v) is 4.70. The third-order valence-electron chi connectivity index (χ3n) is 3.14. The molecule has 2 unspecified atom stereocenters. The summed E-state index contributed by atoms with van der Waals surface area (Å²) in [5.41, 5.74) is 1.26. The van der Waals surface area contributed by atoms with Gasteiger partial charge in [-0.25, -0.2) is 0 Å². The lowest BCUT2D eigenvalue weighted by atomic mass is 10.0. The van der Waals surface area contributed by atoms with Crippen molar-refractivity contribution in [2.24, 2.45) is 0 Å². The Morgan fingerprint density at radius 3 is 2.81 bits per heavy atom. The molecule has 0 aliphatic carbocycles. The van der Waals surface area contributed by atoms with Crippen LogP contribution in [-0.4, -0.2) is 18.7 Å². The molecule has 1 aliphatic rings. The van der Waals surface area contributed by atoms with E-state index in [1.807, 2.05) is 6.07 Å². The van der Waals surface area contributed by atoms with Gasteiger partial charge in [-0.2, -0.15) is 0 Å². The van der Waals surface area contributed by atoms with Gasteiger partial charge in [-0.1, -0.05) is 36.8 Å². The molecule has 1 heterocycles. The Morgan fingerprint density at radius 2 is 2.06 bits per heavy atom. The molecule has 1 aliphatic heterocycles. The molecule has 2 rings (SSSR count). The van der Waals surface area contributed by atoms with Gasteiger partial charge in [0.2, 0.25) is 0 Å². The zero-order valence-corrected chi connectivity index (χ0v) is 9.99. The van der Waals surface area contributed by atoms with Crippen LogP contribution in [0.4, 0.5) is 0 Å². The average molecular weight is 219 g/mol. The normalized spacial score (nSPS) is 25.6. The molecular formula is C14H21NO. The minimum absolute atomic E-state index is 0.549. The molecule has 1 aromatic rings. The van der Waals surface area contributed by atoms with E-state index in [1.165, 1.54) is 24.8 Å². The quantitative estimate of drug-likeness (QED) is 0.840. The lowest BCUT2D eigenvalue weighted by Gasteiger charge is -2.28. The minimum atomic E-state index is 0.549. The number of hydrogen-bond acceptors (Lipinski definition) is 2. The highest BCUT2D eigenvalue weighted by Gasteiger charge is 2.17. The predicted molar refractivity (Wildman–Crippen MR) is 66.3 cm³/mol. The SMILES string of the molecule is CC1CCCC(COCc2ccccc2)N1. The Balaban J connectivity index is 1.68. The highest BCUT2D eigenvalue weighted by Crippen LogP contribution is 2.13. The minimum Gasteiger partial charge on any atom is -0.375 e. The summed E-state index contributed by atoms with van der Waals surface area (Å²) in [5, 5.41) is 3.58. The van der Waals surface area contributed by atoms with Gasteiger partial charge < -0.3 is 10.1 Å². The molecule has 88 valence electrons. The third-order valence-corrected chi connectivity index (χ3v) is 3.14. The van der Waals surface area contributed by atoms with E-state index in [0.29, 0.717) is 12.1 Å². The van der Waals surface area contributed by atoms with Crippen LogP contribution in [0.5, 0.6) is 0 Å². The van der Waals surface area contributed by atoms with Crippen molar-refractivity contribution in [3.63, 3.8) is 0 Å². The van der Waals surface area contributed by atoms with Crippen LogP contribution >= 0.6 is 0 Å². The van der Waals surface area contributed by atoms with Gasteiger partial charge in [-0.15, -0.1) is 0 Å². The van der Waals surface area contributed by atoms with Crippen molar-refractivity contribution in [1.82, 2.24) is 5.32 Å². The van der Waals surface area contributed by atoms with E-state index in [2.05, 4.69) is 36.5 Å². The Morgan fingerprint density at radius 1 is 1.25 bits per heavy atom. The molecule has 0 saturated carbocycles. The Labute approximate surface area is 98.0 Å². The third kappa shape index (κ3) is 3.62. The summed E-state index contributed by atoms with van der Waals surface area (Å²) in [7, 11) is 0. The molecule has 2 heteroatoms. The van der Waals surface area contributed by atoms with E-state index in [-0.39, 0.29) is 0 Å². The van der Waals surface area contributed by atoms with Gasteiger partial charge in [0.15, 0.2) is 0 Å². The highest BCUT2D eigenvalue weighted by atomic mass is 16.5. The number of hydrogen-bond donors (Lipinski definition) is 1. The zero-order valence-electron chi connectivity index (χ0n) is 9.99. The van der Waals surface area contributed by atoms with E-state index in [4.69, 9.17) is 4.74 Å². The molecule has 0 spiro atoms. The summed E-state index contributed by atoms with van der Waals surface area (Å²) in [6.45, 7) is 3.82. The first-order valence-electron chi connectivity index (χ1n) is 6.22.